The molecule has 0 aliphatic carbocycles. The van der Waals surface area contributed by atoms with Crippen LogP contribution in [0.25, 0.3) is 4.96 Å². The van der Waals surface area contributed by atoms with Crippen molar-refractivity contribution in [2.45, 2.75) is 32.2 Å². The molecule has 1 aromatic carbocycles. The van der Waals surface area contributed by atoms with Crippen molar-refractivity contribution in [3.05, 3.63) is 57.8 Å². The number of Topliss-reactive ketones (excluding diaryl/α,β-unsaturated/α-hetero) is 1. The smallest absolute Gasteiger partial charge is 0.275 e. The van der Waals surface area contributed by atoms with Gasteiger partial charge >= 0.3 is 0 Å². The summed E-state index contributed by atoms with van der Waals surface area (Å²) in [6.07, 6.45) is 1.78. The number of hydrogen-bond donors (Lipinski definition) is 0. The van der Waals surface area contributed by atoms with Gasteiger partial charge in [-0.3, -0.25) is 9.59 Å². The van der Waals surface area contributed by atoms with Gasteiger partial charge in [0.2, 0.25) is 10.1 Å². The predicted octanol–water partition coefficient (Wildman–Crippen LogP) is 2.38. The van der Waals surface area contributed by atoms with E-state index in [2.05, 4.69) is 10.1 Å². The van der Waals surface area contributed by atoms with Gasteiger partial charge < -0.3 is 4.90 Å². The third-order valence-electron chi connectivity index (χ3n) is 4.50. The van der Waals surface area contributed by atoms with Crippen molar-refractivity contribution in [2.24, 2.45) is 0 Å². The standard InChI is InChI=1S/C18H17FN4O2S/c1-11-8-16(25)23-17(20-11)26-18(21-23)22-7-3-6-14(22)15(24)10-12-4-2-5-13(19)9-12/h2,4-5,8-9,14H,3,6-7,10H2,1H3. The Morgan fingerprint density at radius 2 is 2.23 bits per heavy atom. The molecule has 1 atom stereocenters. The van der Waals surface area contributed by atoms with E-state index in [0.717, 1.165) is 12.8 Å². The fourth-order valence-corrected chi connectivity index (χ4v) is 4.35. The summed E-state index contributed by atoms with van der Waals surface area (Å²) in [4.78, 5) is 31.6. The number of aryl methyl sites for hydroxylation is 1. The van der Waals surface area contributed by atoms with Crippen LogP contribution in [0.5, 0.6) is 0 Å². The average molecular weight is 372 g/mol. The van der Waals surface area contributed by atoms with Gasteiger partial charge in [0.25, 0.3) is 5.56 Å². The van der Waals surface area contributed by atoms with Crippen molar-refractivity contribution in [3.63, 3.8) is 0 Å². The second-order valence-corrected chi connectivity index (χ2v) is 7.37. The summed E-state index contributed by atoms with van der Waals surface area (Å²) in [6.45, 7) is 2.47. The molecule has 1 unspecified atom stereocenters. The van der Waals surface area contributed by atoms with Gasteiger partial charge in [0.05, 0.1) is 6.04 Å². The van der Waals surface area contributed by atoms with Crippen LogP contribution in [0.3, 0.4) is 0 Å². The summed E-state index contributed by atoms with van der Waals surface area (Å²) >= 11 is 1.31. The highest BCUT2D eigenvalue weighted by Gasteiger charge is 2.32. The Hall–Kier alpha value is -2.61. The summed E-state index contributed by atoms with van der Waals surface area (Å²) in [7, 11) is 0. The van der Waals surface area contributed by atoms with E-state index in [4.69, 9.17) is 0 Å². The van der Waals surface area contributed by atoms with Crippen LogP contribution in [-0.2, 0) is 11.2 Å². The number of halogens is 1. The molecular formula is C18H17FN4O2S. The van der Waals surface area contributed by atoms with E-state index in [-0.39, 0.29) is 29.6 Å². The fourth-order valence-electron chi connectivity index (χ4n) is 3.32. The van der Waals surface area contributed by atoms with E-state index in [9.17, 15) is 14.0 Å². The predicted molar refractivity (Wildman–Crippen MR) is 97.4 cm³/mol. The van der Waals surface area contributed by atoms with Crippen LogP contribution in [0.4, 0.5) is 9.52 Å². The minimum atomic E-state index is -0.342. The second kappa shape index (κ2) is 6.60. The Morgan fingerprint density at radius 1 is 1.38 bits per heavy atom. The van der Waals surface area contributed by atoms with Crippen molar-refractivity contribution in [3.8, 4) is 0 Å². The van der Waals surface area contributed by atoms with Crippen LogP contribution in [0.1, 0.15) is 24.1 Å². The molecule has 0 amide bonds. The van der Waals surface area contributed by atoms with Crippen molar-refractivity contribution in [1.29, 1.82) is 0 Å². The lowest BCUT2D eigenvalue weighted by molar-refractivity contribution is -0.119. The molecule has 8 heteroatoms. The Bertz CT molecular complexity index is 1050. The monoisotopic (exact) mass is 372 g/mol. The maximum absolute atomic E-state index is 13.4. The molecule has 0 spiro atoms. The average Bonchev–Trinajstić information content (AvgIpc) is 3.20. The molecule has 6 nitrogen and oxygen atoms in total. The largest absolute Gasteiger partial charge is 0.337 e. The van der Waals surface area contributed by atoms with Crippen molar-refractivity contribution >= 4 is 27.2 Å². The quantitative estimate of drug-likeness (QED) is 0.703. The lowest BCUT2D eigenvalue weighted by Crippen LogP contribution is -2.37. The van der Waals surface area contributed by atoms with Crippen LogP contribution in [-0.4, -0.2) is 33.0 Å². The number of ketones is 1. The normalized spacial score (nSPS) is 17.2. The lowest BCUT2D eigenvalue weighted by Gasteiger charge is -2.22. The number of carbonyl (C=O) groups is 1. The first-order valence-corrected chi connectivity index (χ1v) is 9.24. The van der Waals surface area contributed by atoms with Crippen LogP contribution in [0.15, 0.2) is 35.1 Å². The molecule has 0 radical (unpaired) electrons. The molecule has 0 N–H and O–H groups in total. The van der Waals surface area contributed by atoms with Gasteiger partial charge in [-0.15, -0.1) is 5.10 Å². The Kier molecular flexibility index (Phi) is 4.28. The van der Waals surface area contributed by atoms with Crippen LogP contribution in [0.2, 0.25) is 0 Å². The van der Waals surface area contributed by atoms with Gasteiger partial charge in [0.15, 0.2) is 5.78 Å². The van der Waals surface area contributed by atoms with E-state index in [1.54, 1.807) is 19.1 Å². The van der Waals surface area contributed by atoms with Crippen molar-refractivity contribution in [2.75, 3.05) is 11.4 Å². The second-order valence-electron chi connectivity index (χ2n) is 6.44. The van der Waals surface area contributed by atoms with E-state index >= 15 is 0 Å². The molecule has 0 bridgehead atoms. The van der Waals surface area contributed by atoms with Gasteiger partial charge in [0, 0.05) is 24.7 Å². The summed E-state index contributed by atoms with van der Waals surface area (Å²) < 4.78 is 14.6. The number of benzene rings is 1. The van der Waals surface area contributed by atoms with E-state index < -0.39 is 0 Å². The van der Waals surface area contributed by atoms with Crippen molar-refractivity contribution < 1.29 is 9.18 Å². The molecule has 2 aromatic heterocycles. The van der Waals surface area contributed by atoms with Crippen LogP contribution >= 0.6 is 11.3 Å². The van der Waals surface area contributed by atoms with E-state index in [1.165, 1.54) is 34.1 Å². The number of carbonyl (C=O) groups excluding carboxylic acids is 1. The Labute approximate surface area is 152 Å². The van der Waals surface area contributed by atoms with Gasteiger partial charge in [-0.2, -0.15) is 4.52 Å². The molecule has 1 fully saturated rings. The highest BCUT2D eigenvalue weighted by molar-refractivity contribution is 7.20. The zero-order chi connectivity index (χ0) is 18.3. The van der Waals surface area contributed by atoms with Crippen LogP contribution in [0, 0.1) is 12.7 Å². The minimum Gasteiger partial charge on any atom is -0.337 e. The summed E-state index contributed by atoms with van der Waals surface area (Å²) in [6, 6.07) is 7.25. The third-order valence-corrected chi connectivity index (χ3v) is 5.45. The van der Waals surface area contributed by atoms with Gasteiger partial charge in [-0.1, -0.05) is 23.5 Å². The first-order chi connectivity index (χ1) is 12.5. The first kappa shape index (κ1) is 16.8. The lowest BCUT2D eigenvalue weighted by atomic mass is 10.0. The van der Waals surface area contributed by atoms with Crippen molar-refractivity contribution in [1.82, 2.24) is 14.6 Å². The number of fused-ring (bicyclic) bond motifs is 1. The number of aromatic nitrogens is 3. The number of nitrogens with zero attached hydrogens (tertiary/aromatic N) is 4. The minimum absolute atomic E-state index is 0.0313. The SMILES string of the molecule is Cc1cc(=O)n2nc(N3CCCC3C(=O)Cc3cccc(F)c3)sc2n1. The van der Waals surface area contributed by atoms with Gasteiger partial charge in [-0.05, 0) is 37.5 Å². The Morgan fingerprint density at radius 3 is 3.04 bits per heavy atom. The molecule has 134 valence electrons. The molecule has 3 heterocycles. The first-order valence-electron chi connectivity index (χ1n) is 8.42. The third kappa shape index (κ3) is 3.12. The summed E-state index contributed by atoms with van der Waals surface area (Å²) in [5.41, 5.74) is 1.09. The molecule has 1 aliphatic rings. The van der Waals surface area contributed by atoms with Crippen LogP contribution < -0.4 is 10.5 Å². The van der Waals surface area contributed by atoms with E-state index in [1.807, 2.05) is 4.90 Å². The zero-order valence-corrected chi connectivity index (χ0v) is 15.0. The number of hydrogen-bond acceptors (Lipinski definition) is 6. The molecule has 1 saturated heterocycles. The van der Waals surface area contributed by atoms with E-state index in [0.29, 0.717) is 27.9 Å². The topological polar surface area (TPSA) is 67.6 Å². The maximum atomic E-state index is 13.4. The highest BCUT2D eigenvalue weighted by Crippen LogP contribution is 2.30. The summed E-state index contributed by atoms with van der Waals surface area (Å²) in [5, 5.41) is 4.98. The molecular weight excluding hydrogens is 355 g/mol. The summed E-state index contributed by atoms with van der Waals surface area (Å²) in [5.74, 6) is -0.311. The number of rotatable bonds is 4. The van der Waals surface area contributed by atoms with Gasteiger partial charge in [0.1, 0.15) is 5.82 Å². The Balaban J connectivity index is 1.61. The molecule has 0 saturated carbocycles. The molecule has 4 rings (SSSR count). The van der Waals surface area contributed by atoms with Gasteiger partial charge in [-0.25, -0.2) is 9.37 Å². The fraction of sp³-hybridized carbons (Fsp3) is 0.333. The maximum Gasteiger partial charge on any atom is 0.275 e. The highest BCUT2D eigenvalue weighted by atomic mass is 32.1. The zero-order valence-electron chi connectivity index (χ0n) is 14.2. The molecule has 1 aliphatic heterocycles. The number of anilines is 1. The molecule has 3 aromatic rings. The molecule has 26 heavy (non-hydrogen) atoms.